The zero-order chi connectivity index (χ0) is 15.5. The van der Waals surface area contributed by atoms with Gasteiger partial charge in [-0.1, -0.05) is 6.07 Å². The zero-order valence-corrected chi connectivity index (χ0v) is 12.5. The molecule has 1 aromatic heterocycles. The molecule has 0 spiro atoms. The Balaban J connectivity index is 1.74. The van der Waals surface area contributed by atoms with Crippen LogP contribution in [0.5, 0.6) is 5.75 Å². The molecule has 22 heavy (non-hydrogen) atoms. The molecule has 5 nitrogen and oxygen atoms in total. The number of fused-ring (bicyclic) bond motifs is 1. The smallest absolute Gasteiger partial charge is 0.261 e. The van der Waals surface area contributed by atoms with Crippen LogP contribution in [0.3, 0.4) is 0 Å². The molecule has 2 heterocycles. The second-order valence-electron chi connectivity index (χ2n) is 5.49. The fourth-order valence-corrected chi connectivity index (χ4v) is 2.78. The molecule has 0 bridgehead atoms. The van der Waals surface area contributed by atoms with E-state index in [4.69, 9.17) is 10.00 Å². The number of nitrogens with zero attached hydrogens (tertiary/aromatic N) is 3. The van der Waals surface area contributed by atoms with Gasteiger partial charge in [-0.2, -0.15) is 5.26 Å². The predicted molar refractivity (Wildman–Crippen MR) is 82.3 cm³/mol. The topological polar surface area (TPSA) is 66.2 Å². The summed E-state index contributed by atoms with van der Waals surface area (Å²) in [5, 5.41) is 9.93. The first-order valence-corrected chi connectivity index (χ1v) is 7.36. The average Bonchev–Trinajstić information content (AvgIpc) is 3.00. The van der Waals surface area contributed by atoms with E-state index in [1.807, 2.05) is 25.1 Å². The van der Waals surface area contributed by atoms with Gasteiger partial charge in [0.25, 0.3) is 5.91 Å². The first kappa shape index (κ1) is 14.3. The van der Waals surface area contributed by atoms with Gasteiger partial charge in [-0.3, -0.25) is 9.78 Å². The molecule has 2 aromatic rings. The molecule has 1 aromatic carbocycles. The number of carbonyl (C=O) groups excluding carboxylic acids is 1. The van der Waals surface area contributed by atoms with Crippen LogP contribution in [0.25, 0.3) is 10.9 Å². The van der Waals surface area contributed by atoms with Gasteiger partial charge in [0.1, 0.15) is 11.8 Å². The number of aryl methyl sites for hydroxylation is 1. The molecular formula is C17H17N3O2. The van der Waals surface area contributed by atoms with Gasteiger partial charge in [-0.25, -0.2) is 0 Å². The summed E-state index contributed by atoms with van der Waals surface area (Å²) in [6.45, 7) is 2.59. The number of aromatic nitrogens is 1. The number of amides is 1. The van der Waals surface area contributed by atoms with Crippen molar-refractivity contribution in [3.05, 3.63) is 36.0 Å². The van der Waals surface area contributed by atoms with Gasteiger partial charge in [0, 0.05) is 18.1 Å². The highest BCUT2D eigenvalue weighted by Gasteiger charge is 2.28. The van der Waals surface area contributed by atoms with Gasteiger partial charge in [0.05, 0.1) is 11.6 Å². The van der Waals surface area contributed by atoms with Crippen molar-refractivity contribution < 1.29 is 9.53 Å². The van der Waals surface area contributed by atoms with Crippen LogP contribution in [0.4, 0.5) is 0 Å². The lowest BCUT2D eigenvalue weighted by Gasteiger charge is -2.19. The van der Waals surface area contributed by atoms with E-state index < -0.39 is 0 Å². The van der Waals surface area contributed by atoms with Crippen molar-refractivity contribution in [3.8, 4) is 11.8 Å². The van der Waals surface area contributed by atoms with Crippen molar-refractivity contribution in [1.82, 2.24) is 9.88 Å². The summed E-state index contributed by atoms with van der Waals surface area (Å²) in [7, 11) is 0. The molecule has 0 saturated carbocycles. The van der Waals surface area contributed by atoms with E-state index in [0.29, 0.717) is 12.3 Å². The third-order valence-electron chi connectivity index (χ3n) is 3.93. The molecule has 1 amide bonds. The Labute approximate surface area is 129 Å². The second-order valence-corrected chi connectivity index (χ2v) is 5.49. The van der Waals surface area contributed by atoms with Gasteiger partial charge < -0.3 is 9.64 Å². The predicted octanol–water partition coefficient (Wildman–Crippen LogP) is 2.44. The number of benzene rings is 1. The molecule has 1 saturated heterocycles. The molecular weight excluding hydrogens is 278 g/mol. The summed E-state index contributed by atoms with van der Waals surface area (Å²) < 4.78 is 5.69. The van der Waals surface area contributed by atoms with E-state index in [1.54, 1.807) is 17.2 Å². The van der Waals surface area contributed by atoms with Crippen molar-refractivity contribution in [2.24, 2.45) is 0 Å². The Kier molecular flexibility index (Phi) is 3.92. The summed E-state index contributed by atoms with van der Waals surface area (Å²) in [6, 6.07) is 9.54. The summed E-state index contributed by atoms with van der Waals surface area (Å²) in [6.07, 6.45) is 3.30. The number of hydrogen-bond acceptors (Lipinski definition) is 4. The molecule has 1 aliphatic heterocycles. The first-order valence-electron chi connectivity index (χ1n) is 7.36. The molecule has 3 rings (SSSR count). The molecule has 5 heteroatoms. The highest BCUT2D eigenvalue weighted by Crippen LogP contribution is 2.25. The maximum atomic E-state index is 12.2. The van der Waals surface area contributed by atoms with Crippen molar-refractivity contribution in [2.45, 2.75) is 25.8 Å². The lowest BCUT2D eigenvalue weighted by molar-refractivity contribution is -0.133. The number of pyridine rings is 1. The van der Waals surface area contributed by atoms with Crippen LogP contribution >= 0.6 is 0 Å². The van der Waals surface area contributed by atoms with E-state index >= 15 is 0 Å². The highest BCUT2D eigenvalue weighted by atomic mass is 16.5. The summed E-state index contributed by atoms with van der Waals surface area (Å²) in [4.78, 5) is 18.1. The van der Waals surface area contributed by atoms with E-state index in [1.165, 1.54) is 0 Å². The molecule has 0 unspecified atom stereocenters. The van der Waals surface area contributed by atoms with Crippen LogP contribution in [0, 0.1) is 18.3 Å². The Morgan fingerprint density at radius 3 is 3.18 bits per heavy atom. The number of rotatable bonds is 3. The highest BCUT2D eigenvalue weighted by molar-refractivity contribution is 5.86. The van der Waals surface area contributed by atoms with E-state index in [-0.39, 0.29) is 18.6 Å². The number of nitriles is 1. The van der Waals surface area contributed by atoms with Crippen LogP contribution in [-0.4, -0.2) is 35.0 Å². The number of ether oxygens (including phenoxy) is 1. The Morgan fingerprint density at radius 1 is 1.50 bits per heavy atom. The molecule has 0 aliphatic carbocycles. The Hall–Kier alpha value is -2.61. The number of hydrogen-bond donors (Lipinski definition) is 0. The van der Waals surface area contributed by atoms with E-state index in [9.17, 15) is 4.79 Å². The molecule has 1 atom stereocenters. The molecule has 1 fully saturated rings. The fourth-order valence-electron chi connectivity index (χ4n) is 2.78. The van der Waals surface area contributed by atoms with Crippen LogP contribution in [0.1, 0.15) is 18.4 Å². The van der Waals surface area contributed by atoms with Crippen molar-refractivity contribution >= 4 is 16.8 Å². The van der Waals surface area contributed by atoms with E-state index in [0.717, 1.165) is 29.3 Å². The van der Waals surface area contributed by atoms with Gasteiger partial charge in [-0.05, 0) is 43.5 Å². The SMILES string of the molecule is Cc1ccc2c(OCC(=O)N3CCC[C@H]3C#N)ccnc2c1. The molecule has 0 radical (unpaired) electrons. The van der Waals surface area contributed by atoms with E-state index in [2.05, 4.69) is 11.1 Å². The standard InChI is InChI=1S/C17H17N3O2/c1-12-4-5-14-15(9-12)19-7-6-16(14)22-11-17(21)20-8-2-3-13(20)10-18/h4-7,9,13H,2-3,8,11H2,1H3/t13-/m0/s1. The fraction of sp³-hybridized carbons (Fsp3) is 0.353. The lowest BCUT2D eigenvalue weighted by Crippen LogP contribution is -2.37. The number of carbonyl (C=O) groups is 1. The van der Waals surface area contributed by atoms with Crippen molar-refractivity contribution in [2.75, 3.05) is 13.2 Å². The first-order chi connectivity index (χ1) is 10.7. The third kappa shape index (κ3) is 2.73. The minimum Gasteiger partial charge on any atom is -0.483 e. The van der Waals surface area contributed by atoms with Gasteiger partial charge in [0.2, 0.25) is 0 Å². The Morgan fingerprint density at radius 2 is 2.36 bits per heavy atom. The summed E-state index contributed by atoms with van der Waals surface area (Å²) >= 11 is 0. The minimum absolute atomic E-state index is 0.0504. The Bertz CT molecular complexity index is 751. The monoisotopic (exact) mass is 295 g/mol. The molecule has 0 N–H and O–H groups in total. The maximum absolute atomic E-state index is 12.2. The van der Waals surface area contributed by atoms with Crippen molar-refractivity contribution in [3.63, 3.8) is 0 Å². The summed E-state index contributed by atoms with van der Waals surface area (Å²) in [5.41, 5.74) is 1.98. The van der Waals surface area contributed by atoms with Gasteiger partial charge >= 0.3 is 0 Å². The van der Waals surface area contributed by atoms with Crippen LogP contribution in [0.15, 0.2) is 30.5 Å². The van der Waals surface area contributed by atoms with Crippen molar-refractivity contribution in [1.29, 1.82) is 5.26 Å². The maximum Gasteiger partial charge on any atom is 0.261 e. The minimum atomic E-state index is -0.312. The van der Waals surface area contributed by atoms with Gasteiger partial charge in [0.15, 0.2) is 6.61 Å². The van der Waals surface area contributed by atoms with Crippen LogP contribution in [0.2, 0.25) is 0 Å². The lowest BCUT2D eigenvalue weighted by atomic mass is 10.1. The molecule has 112 valence electrons. The zero-order valence-electron chi connectivity index (χ0n) is 12.5. The largest absolute Gasteiger partial charge is 0.483 e. The van der Waals surface area contributed by atoms with Gasteiger partial charge in [-0.15, -0.1) is 0 Å². The quantitative estimate of drug-likeness (QED) is 0.872. The molecule has 1 aliphatic rings. The van der Waals surface area contributed by atoms with Crippen LogP contribution in [-0.2, 0) is 4.79 Å². The summed E-state index contributed by atoms with van der Waals surface area (Å²) in [5.74, 6) is 0.507. The second kappa shape index (κ2) is 6.02. The third-order valence-corrected chi connectivity index (χ3v) is 3.93. The average molecular weight is 295 g/mol. The van der Waals surface area contributed by atoms with Crippen LogP contribution < -0.4 is 4.74 Å². The number of likely N-dealkylation sites (tertiary alicyclic amines) is 1. The normalized spacial score (nSPS) is 17.5.